The summed E-state index contributed by atoms with van der Waals surface area (Å²) in [6.07, 6.45) is 0. The van der Waals surface area contributed by atoms with E-state index in [1.165, 1.54) is 12.1 Å². The van der Waals surface area contributed by atoms with Crippen molar-refractivity contribution in [1.29, 1.82) is 0 Å². The molecule has 1 aliphatic heterocycles. The number of epoxide rings is 1. The molecular weight excluding hydrogens is 208 g/mol. The molecule has 1 N–H and O–H groups in total. The second-order valence-electron chi connectivity index (χ2n) is 2.44. The second kappa shape index (κ2) is 4.94. The van der Waals surface area contributed by atoms with Gasteiger partial charge in [-0.1, -0.05) is 18.2 Å². The van der Waals surface area contributed by atoms with Gasteiger partial charge in [0, 0.05) is 0 Å². The summed E-state index contributed by atoms with van der Waals surface area (Å²) in [6, 6.07) is 7.75. The van der Waals surface area contributed by atoms with E-state index >= 15 is 0 Å². The molecule has 0 saturated carbocycles. The Kier molecular flexibility index (Phi) is 3.87. The average Bonchev–Trinajstić information content (AvgIpc) is 2.88. The maximum atomic E-state index is 10.1. The van der Waals surface area contributed by atoms with Crippen LogP contribution in [-0.2, 0) is 15.1 Å². The summed E-state index contributed by atoms with van der Waals surface area (Å²) in [5, 5.41) is 0. The number of rotatable bonds is 2. The molecule has 0 aromatic heterocycles. The van der Waals surface area contributed by atoms with Crippen LogP contribution in [0.4, 0.5) is 0 Å². The van der Waals surface area contributed by atoms with Gasteiger partial charge in [0.05, 0.1) is 13.2 Å². The normalized spacial score (nSPS) is 13.8. The molecule has 0 bridgehead atoms. The third-order valence-electron chi connectivity index (χ3n) is 1.15. The van der Waals surface area contributed by atoms with Crippen molar-refractivity contribution in [2.75, 3.05) is 13.2 Å². The number of ether oxygens (including phenoxy) is 1. The quantitative estimate of drug-likeness (QED) is 0.589. The van der Waals surface area contributed by atoms with E-state index in [9.17, 15) is 8.42 Å². The molecule has 78 valence electrons. The van der Waals surface area contributed by atoms with Crippen molar-refractivity contribution in [2.24, 2.45) is 0 Å². The lowest BCUT2D eigenvalue weighted by Gasteiger charge is -1.98. The zero-order valence-corrected chi connectivity index (χ0v) is 8.11. The lowest BCUT2D eigenvalue weighted by atomic mass is 10.3. The molecule has 1 aliphatic rings. The summed E-state index contributed by atoms with van der Waals surface area (Å²) in [6.45, 7) is 2.00. The number of hydrogen-bond acceptors (Lipinski definition) is 4. The van der Waals surface area contributed by atoms with Crippen LogP contribution in [0.15, 0.2) is 30.3 Å². The predicted molar refractivity (Wildman–Crippen MR) is 49.4 cm³/mol. The van der Waals surface area contributed by atoms with Gasteiger partial charge in [0.2, 0.25) is 0 Å². The number of para-hydroxylation sites is 1. The van der Waals surface area contributed by atoms with Crippen LogP contribution < -0.4 is 4.18 Å². The Bertz CT molecular complexity index is 354. The summed E-state index contributed by atoms with van der Waals surface area (Å²) in [7, 11) is -4.38. The van der Waals surface area contributed by atoms with Gasteiger partial charge in [0.15, 0.2) is 0 Å². The van der Waals surface area contributed by atoms with Gasteiger partial charge in [-0.25, -0.2) is 0 Å². The maximum absolute atomic E-state index is 10.1. The maximum Gasteiger partial charge on any atom is 0.446 e. The molecule has 1 saturated heterocycles. The first-order chi connectivity index (χ1) is 6.58. The Morgan fingerprint density at radius 3 is 2.07 bits per heavy atom. The Balaban J connectivity index is 0.000000276. The van der Waals surface area contributed by atoms with Crippen LogP contribution in [0.5, 0.6) is 5.75 Å². The fourth-order valence-corrected chi connectivity index (χ4v) is 0.952. The Hall–Kier alpha value is -1.11. The van der Waals surface area contributed by atoms with Gasteiger partial charge < -0.3 is 8.92 Å². The summed E-state index contributed by atoms with van der Waals surface area (Å²) in [4.78, 5) is 0. The van der Waals surface area contributed by atoms with Gasteiger partial charge in [-0.2, -0.15) is 8.42 Å². The molecular formula is C8H10O5S. The monoisotopic (exact) mass is 218 g/mol. The largest absolute Gasteiger partial charge is 0.446 e. The molecule has 1 fully saturated rings. The summed E-state index contributed by atoms with van der Waals surface area (Å²) < 4.78 is 37.1. The van der Waals surface area contributed by atoms with E-state index in [-0.39, 0.29) is 5.75 Å². The van der Waals surface area contributed by atoms with Crippen LogP contribution in [0.3, 0.4) is 0 Å². The highest BCUT2D eigenvalue weighted by atomic mass is 32.3. The van der Waals surface area contributed by atoms with Gasteiger partial charge in [-0.15, -0.1) is 0 Å². The molecule has 0 aliphatic carbocycles. The van der Waals surface area contributed by atoms with Gasteiger partial charge in [0.1, 0.15) is 5.75 Å². The first-order valence-electron chi connectivity index (χ1n) is 3.87. The third-order valence-corrected chi connectivity index (χ3v) is 1.55. The van der Waals surface area contributed by atoms with Crippen molar-refractivity contribution in [3.8, 4) is 5.75 Å². The smallest absolute Gasteiger partial charge is 0.377 e. The van der Waals surface area contributed by atoms with E-state index < -0.39 is 10.4 Å². The molecule has 14 heavy (non-hydrogen) atoms. The summed E-state index contributed by atoms with van der Waals surface area (Å²) in [5.74, 6) is 0.0926. The van der Waals surface area contributed by atoms with Gasteiger partial charge in [-0.3, -0.25) is 4.55 Å². The summed E-state index contributed by atoms with van der Waals surface area (Å²) in [5.41, 5.74) is 0. The predicted octanol–water partition coefficient (Wildman–Crippen LogP) is 0.885. The van der Waals surface area contributed by atoms with Crippen molar-refractivity contribution in [3.63, 3.8) is 0 Å². The Morgan fingerprint density at radius 2 is 1.71 bits per heavy atom. The van der Waals surface area contributed by atoms with E-state index in [1.807, 2.05) is 0 Å². The second-order valence-corrected chi connectivity index (χ2v) is 3.46. The highest BCUT2D eigenvalue weighted by Gasteiger charge is 2.04. The molecule has 0 unspecified atom stereocenters. The van der Waals surface area contributed by atoms with E-state index in [0.717, 1.165) is 13.2 Å². The molecule has 0 radical (unpaired) electrons. The topological polar surface area (TPSA) is 76.1 Å². The Morgan fingerprint density at radius 1 is 1.21 bits per heavy atom. The highest BCUT2D eigenvalue weighted by molar-refractivity contribution is 7.81. The van der Waals surface area contributed by atoms with E-state index in [4.69, 9.17) is 4.55 Å². The van der Waals surface area contributed by atoms with Crippen LogP contribution in [0.25, 0.3) is 0 Å². The van der Waals surface area contributed by atoms with Crippen molar-refractivity contribution < 1.29 is 21.9 Å². The van der Waals surface area contributed by atoms with Gasteiger partial charge in [0.25, 0.3) is 0 Å². The minimum Gasteiger partial charge on any atom is -0.377 e. The van der Waals surface area contributed by atoms with Crippen molar-refractivity contribution in [2.45, 2.75) is 0 Å². The fraction of sp³-hybridized carbons (Fsp3) is 0.250. The zero-order chi connectivity index (χ0) is 10.4. The van der Waals surface area contributed by atoms with Crippen molar-refractivity contribution in [1.82, 2.24) is 0 Å². The summed E-state index contributed by atoms with van der Waals surface area (Å²) >= 11 is 0. The molecule has 0 amide bonds. The number of hydrogen-bond donors (Lipinski definition) is 1. The first kappa shape index (κ1) is 11.0. The molecule has 2 rings (SSSR count). The number of benzene rings is 1. The van der Waals surface area contributed by atoms with Crippen LogP contribution >= 0.6 is 0 Å². The van der Waals surface area contributed by atoms with Gasteiger partial charge >= 0.3 is 10.4 Å². The molecule has 6 heteroatoms. The van der Waals surface area contributed by atoms with Crippen molar-refractivity contribution >= 4 is 10.4 Å². The minimum atomic E-state index is -4.38. The average molecular weight is 218 g/mol. The molecule has 1 aromatic rings. The molecule has 1 heterocycles. The minimum absolute atomic E-state index is 0.0926. The molecule has 0 spiro atoms. The van der Waals surface area contributed by atoms with Gasteiger partial charge in [-0.05, 0) is 12.1 Å². The lowest BCUT2D eigenvalue weighted by molar-refractivity contribution is 0.387. The van der Waals surface area contributed by atoms with E-state index in [0.29, 0.717) is 0 Å². The molecule has 5 nitrogen and oxygen atoms in total. The SMILES string of the molecule is C1CO1.O=S(=O)(O)Oc1ccccc1. The van der Waals surface area contributed by atoms with Crippen LogP contribution in [0, 0.1) is 0 Å². The van der Waals surface area contributed by atoms with Crippen LogP contribution in [0.1, 0.15) is 0 Å². The molecule has 1 aromatic carbocycles. The van der Waals surface area contributed by atoms with E-state index in [1.54, 1.807) is 18.2 Å². The first-order valence-corrected chi connectivity index (χ1v) is 5.24. The van der Waals surface area contributed by atoms with Crippen LogP contribution in [-0.4, -0.2) is 26.2 Å². The van der Waals surface area contributed by atoms with Crippen molar-refractivity contribution in [3.05, 3.63) is 30.3 Å². The fourth-order valence-electron chi connectivity index (χ4n) is 0.598. The standard InChI is InChI=1S/C6H6O4S.C2H4O/c7-11(8,9)10-6-4-2-1-3-5-6;1-2-3-1/h1-5H,(H,7,8,9);1-2H2. The van der Waals surface area contributed by atoms with E-state index in [2.05, 4.69) is 8.92 Å². The molecule has 0 atom stereocenters. The zero-order valence-electron chi connectivity index (χ0n) is 7.29. The lowest BCUT2D eigenvalue weighted by Crippen LogP contribution is -2.06. The highest BCUT2D eigenvalue weighted by Crippen LogP contribution is 2.09. The van der Waals surface area contributed by atoms with Crippen LogP contribution in [0.2, 0.25) is 0 Å². The Labute approximate surface area is 82.2 Å². The third kappa shape index (κ3) is 6.41.